The fourth-order valence-corrected chi connectivity index (χ4v) is 2.91. The number of hydrogen-bond acceptors (Lipinski definition) is 3. The zero-order valence-electron chi connectivity index (χ0n) is 17.1. The summed E-state index contributed by atoms with van der Waals surface area (Å²) in [7, 11) is 0. The molecule has 0 spiro atoms. The largest absolute Gasteiger partial charge is 0.380 e. The summed E-state index contributed by atoms with van der Waals surface area (Å²) in [5.74, 6) is 0. The van der Waals surface area contributed by atoms with Crippen LogP contribution in [-0.2, 0) is 13.1 Å². The Morgan fingerprint density at radius 1 is 1.08 bits per heavy atom. The second-order valence-electron chi connectivity index (χ2n) is 6.78. The lowest BCUT2D eigenvalue weighted by atomic mass is 10.1. The Kier molecular flexibility index (Phi) is 11.3. The minimum Gasteiger partial charge on any atom is -0.380 e. The number of allylic oxidation sites excluding steroid dienone is 2. The molecule has 0 saturated heterocycles. The third kappa shape index (κ3) is 8.39. The van der Waals surface area contributed by atoms with Gasteiger partial charge in [-0.2, -0.15) is 0 Å². The average molecular weight is 378 g/mol. The molecule has 0 aromatic heterocycles. The maximum absolute atomic E-state index is 6.49. The lowest BCUT2D eigenvalue weighted by Gasteiger charge is -2.17. The minimum atomic E-state index is 0.502. The molecule has 0 aliphatic heterocycles. The molecule has 146 valence electrons. The first-order chi connectivity index (χ1) is 12.5. The first-order valence-corrected chi connectivity index (χ1v) is 10.2. The average Bonchev–Trinajstić information content (AvgIpc) is 2.65. The zero-order valence-corrected chi connectivity index (χ0v) is 17.8. The van der Waals surface area contributed by atoms with Crippen molar-refractivity contribution in [2.24, 2.45) is 0 Å². The van der Waals surface area contributed by atoms with Crippen LogP contribution in [0, 0.1) is 0 Å². The highest BCUT2D eigenvalue weighted by molar-refractivity contribution is 6.31. The van der Waals surface area contributed by atoms with E-state index in [9.17, 15) is 0 Å². The van der Waals surface area contributed by atoms with Crippen molar-refractivity contribution >= 4 is 11.6 Å². The Labute approximate surface area is 165 Å². The van der Waals surface area contributed by atoms with Crippen LogP contribution >= 0.6 is 11.6 Å². The zero-order chi connectivity index (χ0) is 19.4. The molecule has 3 N–H and O–H groups in total. The quantitative estimate of drug-likeness (QED) is 0.351. The first-order valence-electron chi connectivity index (χ1n) is 9.81. The van der Waals surface area contributed by atoms with E-state index in [1.165, 1.54) is 16.7 Å². The normalized spacial score (nSPS) is 13.1. The summed E-state index contributed by atoms with van der Waals surface area (Å²) in [6.07, 6.45) is 3.97. The molecule has 0 amide bonds. The maximum Gasteiger partial charge on any atom is 0.0594 e. The van der Waals surface area contributed by atoms with E-state index in [2.05, 4.69) is 67.9 Å². The fourth-order valence-electron chi connectivity index (χ4n) is 2.70. The smallest absolute Gasteiger partial charge is 0.0594 e. The summed E-state index contributed by atoms with van der Waals surface area (Å²) < 4.78 is 0. The highest BCUT2D eigenvalue weighted by Gasteiger charge is 2.09. The maximum atomic E-state index is 6.49. The summed E-state index contributed by atoms with van der Waals surface area (Å²) in [5, 5.41) is 11.2. The summed E-state index contributed by atoms with van der Waals surface area (Å²) >= 11 is 6.49. The number of halogens is 1. The highest BCUT2D eigenvalue weighted by atomic mass is 35.5. The van der Waals surface area contributed by atoms with Crippen molar-refractivity contribution in [1.29, 1.82) is 0 Å². The van der Waals surface area contributed by atoms with E-state index in [0.717, 1.165) is 49.7 Å². The summed E-state index contributed by atoms with van der Waals surface area (Å²) in [5.41, 5.74) is 5.02. The minimum absolute atomic E-state index is 0.502. The SMILES string of the molecule is C/C=C(Cl)\C(NCc1ccc(CNC(C)C)cc1)=C(/CC)CCNCC. The monoisotopic (exact) mass is 377 g/mol. The van der Waals surface area contributed by atoms with Gasteiger partial charge in [0, 0.05) is 19.1 Å². The van der Waals surface area contributed by atoms with Gasteiger partial charge in [0.2, 0.25) is 0 Å². The molecule has 0 bridgehead atoms. The van der Waals surface area contributed by atoms with Crippen LogP contribution in [-0.4, -0.2) is 19.1 Å². The standard InChI is InChI=1S/C22H36ClN3/c1-6-20(13-14-24-8-3)22(21(23)7-2)26-16-19-11-9-18(10-12-19)15-25-17(4)5/h7,9-12,17,24-26H,6,8,13-16H2,1-5H3/b21-7+,22-20-. The van der Waals surface area contributed by atoms with Gasteiger partial charge in [-0.3, -0.25) is 0 Å². The van der Waals surface area contributed by atoms with Crippen molar-refractivity contribution in [1.82, 2.24) is 16.0 Å². The van der Waals surface area contributed by atoms with Crippen LogP contribution in [0.3, 0.4) is 0 Å². The van der Waals surface area contributed by atoms with Crippen molar-refractivity contribution in [3.05, 3.63) is 57.8 Å². The van der Waals surface area contributed by atoms with Crippen LogP contribution in [0.15, 0.2) is 46.6 Å². The predicted molar refractivity (Wildman–Crippen MR) is 115 cm³/mol. The van der Waals surface area contributed by atoms with Crippen LogP contribution in [0.4, 0.5) is 0 Å². The fraction of sp³-hybridized carbons (Fsp3) is 0.545. The molecule has 0 atom stereocenters. The molecule has 0 heterocycles. The lowest BCUT2D eigenvalue weighted by molar-refractivity contribution is 0.588. The Bertz CT molecular complexity index is 574. The van der Waals surface area contributed by atoms with E-state index >= 15 is 0 Å². The Hall–Kier alpha value is -1.29. The molecule has 0 radical (unpaired) electrons. The molecule has 1 rings (SSSR count). The molecule has 0 fully saturated rings. The summed E-state index contributed by atoms with van der Waals surface area (Å²) in [6, 6.07) is 9.27. The van der Waals surface area contributed by atoms with Gasteiger partial charge in [-0.15, -0.1) is 0 Å². The van der Waals surface area contributed by atoms with Gasteiger partial charge >= 0.3 is 0 Å². The van der Waals surface area contributed by atoms with Gasteiger partial charge in [-0.05, 0) is 49.6 Å². The van der Waals surface area contributed by atoms with Crippen LogP contribution in [0.1, 0.15) is 58.6 Å². The summed E-state index contributed by atoms with van der Waals surface area (Å²) in [6.45, 7) is 14.3. The third-order valence-corrected chi connectivity index (χ3v) is 4.74. The van der Waals surface area contributed by atoms with Crippen molar-refractivity contribution < 1.29 is 0 Å². The van der Waals surface area contributed by atoms with Gasteiger partial charge in [0.15, 0.2) is 0 Å². The van der Waals surface area contributed by atoms with Gasteiger partial charge in [0.05, 0.1) is 10.7 Å². The number of benzene rings is 1. The Morgan fingerprint density at radius 2 is 1.69 bits per heavy atom. The molecular weight excluding hydrogens is 342 g/mol. The summed E-state index contributed by atoms with van der Waals surface area (Å²) in [4.78, 5) is 0. The van der Waals surface area contributed by atoms with Crippen LogP contribution in [0.5, 0.6) is 0 Å². The van der Waals surface area contributed by atoms with E-state index in [-0.39, 0.29) is 0 Å². The van der Waals surface area contributed by atoms with Crippen LogP contribution in [0.25, 0.3) is 0 Å². The molecule has 1 aromatic rings. The van der Waals surface area contributed by atoms with E-state index in [1.54, 1.807) is 0 Å². The van der Waals surface area contributed by atoms with Gasteiger partial charge in [-0.1, -0.05) is 69.6 Å². The van der Waals surface area contributed by atoms with Crippen LogP contribution in [0.2, 0.25) is 0 Å². The highest BCUT2D eigenvalue weighted by Crippen LogP contribution is 2.21. The molecule has 26 heavy (non-hydrogen) atoms. The van der Waals surface area contributed by atoms with Crippen molar-refractivity contribution in [2.75, 3.05) is 13.1 Å². The van der Waals surface area contributed by atoms with Crippen molar-refractivity contribution in [3.8, 4) is 0 Å². The number of nitrogens with one attached hydrogen (secondary N) is 3. The van der Waals surface area contributed by atoms with E-state index < -0.39 is 0 Å². The van der Waals surface area contributed by atoms with E-state index in [1.807, 2.05) is 13.0 Å². The number of rotatable bonds is 12. The third-order valence-electron chi connectivity index (χ3n) is 4.33. The Balaban J connectivity index is 2.76. The van der Waals surface area contributed by atoms with E-state index in [0.29, 0.717) is 6.04 Å². The molecule has 1 aromatic carbocycles. The second-order valence-corrected chi connectivity index (χ2v) is 7.19. The van der Waals surface area contributed by atoms with Gasteiger partial charge in [0.25, 0.3) is 0 Å². The molecular formula is C22H36ClN3. The predicted octanol–water partition coefficient (Wildman–Crippen LogP) is 5.08. The molecule has 0 aliphatic carbocycles. The molecule has 0 saturated carbocycles. The van der Waals surface area contributed by atoms with E-state index in [4.69, 9.17) is 11.6 Å². The second kappa shape index (κ2) is 13.0. The first kappa shape index (κ1) is 22.8. The van der Waals surface area contributed by atoms with Gasteiger partial charge in [0.1, 0.15) is 0 Å². The van der Waals surface area contributed by atoms with Gasteiger partial charge in [-0.25, -0.2) is 0 Å². The molecule has 3 nitrogen and oxygen atoms in total. The lowest BCUT2D eigenvalue weighted by Crippen LogP contribution is -2.21. The number of hydrogen-bond donors (Lipinski definition) is 3. The van der Waals surface area contributed by atoms with Crippen LogP contribution < -0.4 is 16.0 Å². The topological polar surface area (TPSA) is 36.1 Å². The van der Waals surface area contributed by atoms with Gasteiger partial charge < -0.3 is 16.0 Å². The van der Waals surface area contributed by atoms with Crippen molar-refractivity contribution in [2.45, 2.75) is 66.6 Å². The molecule has 4 heteroatoms. The van der Waals surface area contributed by atoms with Crippen molar-refractivity contribution in [3.63, 3.8) is 0 Å². The Morgan fingerprint density at radius 3 is 2.19 bits per heavy atom. The molecule has 0 unspecified atom stereocenters. The molecule has 0 aliphatic rings.